The first kappa shape index (κ1) is 50.6. The Labute approximate surface area is 421 Å². The molecule has 3 heterocycles. The zero-order chi connectivity index (χ0) is 48.8. The fourth-order valence-electron chi connectivity index (χ4n) is 8.44. The Balaban J connectivity index is 0.00000684. The largest absolute Gasteiger partial charge is 0.510 e. The van der Waals surface area contributed by atoms with Gasteiger partial charge in [-0.25, -0.2) is 4.98 Å². The number of para-hydroxylation sites is 1. The molecular weight excluding hydrogens is 1010 g/mol. The van der Waals surface area contributed by atoms with Crippen molar-refractivity contribution >= 4 is 21.8 Å². The third-order valence-corrected chi connectivity index (χ3v) is 13.0. The first-order valence-corrected chi connectivity index (χ1v) is 23.9. The Morgan fingerprint density at radius 2 is 1.03 bits per heavy atom. The van der Waals surface area contributed by atoms with Crippen LogP contribution in [0, 0.1) is 18.5 Å². The van der Waals surface area contributed by atoms with Gasteiger partial charge in [0, 0.05) is 55.5 Å². The third kappa shape index (κ3) is 10.3. The molecule has 0 aliphatic carbocycles. The maximum Gasteiger partial charge on any atom is 0.231 e. The average molecular weight is 1090 g/mol. The van der Waals surface area contributed by atoms with E-state index in [-0.39, 0.29) is 53.6 Å². The molecular formula is C61H71N5OPt-2. The van der Waals surface area contributed by atoms with E-state index in [9.17, 15) is 0 Å². The van der Waals surface area contributed by atoms with E-state index in [4.69, 9.17) is 14.8 Å². The van der Waals surface area contributed by atoms with Gasteiger partial charge in [-0.2, -0.15) is 22.4 Å². The minimum Gasteiger partial charge on any atom is -0.510 e. The van der Waals surface area contributed by atoms with Crippen molar-refractivity contribution in [2.75, 3.05) is 0 Å². The standard InChI is InChI=1S/C61H71N5O.Pt/c1-56(2,3)40-25-26-62-54(35-40)66-52-22-20-19-21-50(52)51-24-23-48(37-53(51)66)67-49-34-45(61(16,17)18)33-47(36-49)65-38-64(46-31-43(59(10,11)12)30-44(32-46)60(13,14)15)55(63-65)39-27-41(57(4,5)6)29-42(28-39)58(7,8)9;/h19-35H,1-18H3;/q-2;. The number of rotatable bonds is 6. The number of ether oxygens (including phenoxy) is 1. The predicted molar refractivity (Wildman–Crippen MR) is 278 cm³/mol. The third-order valence-electron chi connectivity index (χ3n) is 13.0. The molecule has 68 heavy (non-hydrogen) atoms. The molecule has 0 fully saturated rings. The molecule has 358 valence electrons. The van der Waals surface area contributed by atoms with E-state index in [2.05, 4.69) is 243 Å². The summed E-state index contributed by atoms with van der Waals surface area (Å²) < 4.78 is 13.1. The summed E-state index contributed by atoms with van der Waals surface area (Å²) in [6.07, 6.45) is 5.66. The molecule has 0 N–H and O–H groups in total. The number of nitrogens with zero attached hydrogens (tertiary/aromatic N) is 5. The summed E-state index contributed by atoms with van der Waals surface area (Å²) in [5.74, 6) is 2.80. The average Bonchev–Trinajstić information content (AvgIpc) is 3.82. The summed E-state index contributed by atoms with van der Waals surface area (Å²) in [6.45, 7) is 40.7. The van der Waals surface area contributed by atoms with Crippen LogP contribution in [0.15, 0.2) is 103 Å². The van der Waals surface area contributed by atoms with Gasteiger partial charge in [0.15, 0.2) is 0 Å². The molecule has 3 aromatic heterocycles. The van der Waals surface area contributed by atoms with Gasteiger partial charge in [0.2, 0.25) is 12.2 Å². The van der Waals surface area contributed by atoms with Crippen LogP contribution >= 0.6 is 0 Å². The van der Waals surface area contributed by atoms with Crippen molar-refractivity contribution in [3.63, 3.8) is 0 Å². The summed E-state index contributed by atoms with van der Waals surface area (Å²) in [6, 6.07) is 42.5. The monoisotopic (exact) mass is 1080 g/mol. The van der Waals surface area contributed by atoms with E-state index >= 15 is 0 Å². The van der Waals surface area contributed by atoms with Gasteiger partial charge in [-0.3, -0.25) is 0 Å². The number of fused-ring (bicyclic) bond motifs is 3. The van der Waals surface area contributed by atoms with Gasteiger partial charge in [0.1, 0.15) is 5.82 Å². The minimum atomic E-state index is -0.219. The maximum atomic E-state index is 6.86. The summed E-state index contributed by atoms with van der Waals surface area (Å²) in [4.78, 5) is 4.89. The minimum absolute atomic E-state index is 0. The second-order valence-electron chi connectivity index (χ2n) is 24.8. The zero-order valence-corrected chi connectivity index (χ0v) is 46.0. The van der Waals surface area contributed by atoms with Crippen molar-refractivity contribution in [3.8, 4) is 40.1 Å². The molecule has 0 atom stereocenters. The van der Waals surface area contributed by atoms with E-state index in [0.717, 1.165) is 55.9 Å². The summed E-state index contributed by atoms with van der Waals surface area (Å²) >= 11 is 0. The van der Waals surface area contributed by atoms with Crippen molar-refractivity contribution in [1.29, 1.82) is 0 Å². The topological polar surface area (TPSA) is 48.8 Å². The quantitative estimate of drug-likeness (QED) is 0.123. The van der Waals surface area contributed by atoms with E-state index in [1.165, 1.54) is 27.8 Å². The molecule has 0 radical (unpaired) electrons. The second-order valence-corrected chi connectivity index (χ2v) is 24.8. The van der Waals surface area contributed by atoms with Crippen LogP contribution in [0.3, 0.4) is 0 Å². The molecule has 5 aromatic carbocycles. The van der Waals surface area contributed by atoms with Gasteiger partial charge < -0.3 is 13.9 Å². The van der Waals surface area contributed by atoms with Crippen LogP contribution in [-0.2, 0) is 53.6 Å². The maximum absolute atomic E-state index is 6.86. The fraction of sp³-hybridized carbons (Fsp3) is 0.393. The second kappa shape index (κ2) is 17.6. The van der Waals surface area contributed by atoms with Crippen molar-refractivity contribution < 1.29 is 30.4 Å². The van der Waals surface area contributed by atoms with Crippen molar-refractivity contribution in [2.45, 2.75) is 157 Å². The summed E-state index contributed by atoms with van der Waals surface area (Å²) in [5.41, 5.74) is 11.5. The number of hydrogen-bond acceptors (Lipinski definition) is 3. The van der Waals surface area contributed by atoms with Gasteiger partial charge in [0.05, 0.1) is 0 Å². The van der Waals surface area contributed by atoms with Crippen LogP contribution in [0.4, 0.5) is 0 Å². The number of hydrogen-bond donors (Lipinski definition) is 0. The fourth-order valence-corrected chi connectivity index (χ4v) is 8.44. The molecule has 7 heteroatoms. The number of pyridine rings is 1. The first-order valence-electron chi connectivity index (χ1n) is 23.9. The van der Waals surface area contributed by atoms with Crippen LogP contribution in [0.25, 0.3) is 50.4 Å². The van der Waals surface area contributed by atoms with Crippen LogP contribution in [0.5, 0.6) is 11.5 Å². The Morgan fingerprint density at radius 3 is 1.59 bits per heavy atom. The molecule has 0 spiro atoms. The molecule has 8 aromatic rings. The Morgan fingerprint density at radius 1 is 0.500 bits per heavy atom. The van der Waals surface area contributed by atoms with Gasteiger partial charge >= 0.3 is 0 Å². The van der Waals surface area contributed by atoms with E-state index in [1.54, 1.807) is 0 Å². The molecule has 6 nitrogen and oxygen atoms in total. The van der Waals surface area contributed by atoms with E-state index < -0.39 is 0 Å². The van der Waals surface area contributed by atoms with Crippen LogP contribution < -0.4 is 9.30 Å². The molecule has 0 saturated heterocycles. The SMILES string of the molecule is CC(C)(C)c1cc(Oc2[c-]c3c(cc2)c2ccccc2n3-c2cc(C(C)(C)C)ccn2)[c-]c(-n2[c-][n+](-c3cc(C(C)(C)C)cc(C(C)(C)C)c3)c(-c3cc(C(C)(C)C)cc(C(C)(C)C)c3)n2)c1.[Pt]. The molecule has 0 amide bonds. The number of aromatic nitrogens is 5. The predicted octanol–water partition coefficient (Wildman–Crippen LogP) is 15.3. The Bertz CT molecular complexity index is 3000. The normalized spacial score (nSPS) is 13.0. The molecule has 0 bridgehead atoms. The first-order chi connectivity index (χ1) is 30.9. The van der Waals surface area contributed by atoms with Gasteiger partial charge in [-0.15, -0.1) is 29.7 Å². The van der Waals surface area contributed by atoms with E-state index in [0.29, 0.717) is 11.5 Å². The zero-order valence-electron chi connectivity index (χ0n) is 43.8. The smallest absolute Gasteiger partial charge is 0.231 e. The molecule has 0 saturated carbocycles. The summed E-state index contributed by atoms with van der Waals surface area (Å²) in [7, 11) is 0. The van der Waals surface area contributed by atoms with Gasteiger partial charge in [-0.1, -0.05) is 185 Å². The van der Waals surface area contributed by atoms with Crippen LogP contribution in [0.1, 0.15) is 158 Å². The van der Waals surface area contributed by atoms with Crippen molar-refractivity contribution in [1.82, 2.24) is 19.3 Å². The molecule has 0 aliphatic rings. The van der Waals surface area contributed by atoms with E-state index in [1.807, 2.05) is 16.9 Å². The molecule has 8 rings (SSSR count). The number of benzene rings is 5. The van der Waals surface area contributed by atoms with Gasteiger partial charge in [-0.05, 0) is 94.7 Å². The van der Waals surface area contributed by atoms with Gasteiger partial charge in [0.25, 0.3) is 0 Å². The van der Waals surface area contributed by atoms with Crippen LogP contribution in [-0.4, -0.2) is 19.3 Å². The Hall–Kier alpha value is -5.32. The molecule has 0 unspecified atom stereocenters. The summed E-state index contributed by atoms with van der Waals surface area (Å²) in [5, 5.41) is 7.70. The Kier molecular flexibility index (Phi) is 13.1. The molecule has 0 aliphatic heterocycles. The van der Waals surface area contributed by atoms with Crippen LogP contribution in [0.2, 0.25) is 0 Å². The van der Waals surface area contributed by atoms with Crippen molar-refractivity contribution in [3.05, 3.63) is 155 Å². The van der Waals surface area contributed by atoms with Crippen molar-refractivity contribution in [2.24, 2.45) is 0 Å².